The van der Waals surface area contributed by atoms with Crippen molar-refractivity contribution in [3.63, 3.8) is 0 Å². The highest BCUT2D eigenvalue weighted by molar-refractivity contribution is 14.1. The molecule has 0 aliphatic heterocycles. The zero-order valence-electron chi connectivity index (χ0n) is 9.01. The van der Waals surface area contributed by atoms with Crippen LogP contribution in [0.3, 0.4) is 0 Å². The van der Waals surface area contributed by atoms with Crippen LogP contribution in [0.5, 0.6) is 0 Å². The molecule has 0 amide bonds. The Hall–Kier alpha value is -1.44. The highest BCUT2D eigenvalue weighted by Gasteiger charge is 2.22. The molecule has 6 heteroatoms. The van der Waals surface area contributed by atoms with Gasteiger partial charge in [-0.2, -0.15) is 0 Å². The van der Waals surface area contributed by atoms with Gasteiger partial charge in [0, 0.05) is 6.20 Å². The van der Waals surface area contributed by atoms with Crippen molar-refractivity contribution in [3.05, 3.63) is 33.7 Å². The van der Waals surface area contributed by atoms with Crippen LogP contribution < -0.4 is 0 Å². The molecule has 0 fully saturated rings. The third-order valence-electron chi connectivity index (χ3n) is 2.00. The van der Waals surface area contributed by atoms with E-state index in [4.69, 9.17) is 9.26 Å². The minimum absolute atomic E-state index is 0.119. The van der Waals surface area contributed by atoms with Gasteiger partial charge in [-0.25, -0.2) is 4.79 Å². The minimum Gasteiger partial charge on any atom is -0.460 e. The molecule has 0 N–H and O–H groups in total. The summed E-state index contributed by atoms with van der Waals surface area (Å²) in [6.07, 6.45) is 1.66. The predicted molar refractivity (Wildman–Crippen MR) is 68.4 cm³/mol. The Balaban J connectivity index is 2.37. The highest BCUT2D eigenvalue weighted by atomic mass is 127. The number of pyridine rings is 1. The van der Waals surface area contributed by atoms with Crippen molar-refractivity contribution in [1.29, 1.82) is 0 Å². The first-order valence-corrected chi connectivity index (χ1v) is 6.05. The molecule has 88 valence electrons. The molecule has 2 rings (SSSR count). The summed E-state index contributed by atoms with van der Waals surface area (Å²) in [5, 5.41) is 3.84. The van der Waals surface area contributed by atoms with Crippen molar-refractivity contribution in [2.24, 2.45) is 0 Å². The van der Waals surface area contributed by atoms with Crippen molar-refractivity contribution in [1.82, 2.24) is 10.1 Å². The maximum atomic E-state index is 11.5. The van der Waals surface area contributed by atoms with E-state index >= 15 is 0 Å². The molecule has 0 spiro atoms. The van der Waals surface area contributed by atoms with Crippen molar-refractivity contribution in [2.45, 2.75) is 6.92 Å². The van der Waals surface area contributed by atoms with Crippen LogP contribution in [-0.4, -0.2) is 22.7 Å². The maximum absolute atomic E-state index is 11.5. The first-order valence-electron chi connectivity index (χ1n) is 4.97. The summed E-state index contributed by atoms with van der Waals surface area (Å²) < 4.78 is 10.5. The van der Waals surface area contributed by atoms with Crippen LogP contribution in [0.15, 0.2) is 28.9 Å². The second kappa shape index (κ2) is 5.26. The van der Waals surface area contributed by atoms with Gasteiger partial charge in [0.2, 0.25) is 0 Å². The lowest BCUT2D eigenvalue weighted by atomic mass is 10.2. The van der Waals surface area contributed by atoms with Crippen LogP contribution in [0.2, 0.25) is 0 Å². The van der Waals surface area contributed by atoms with Crippen LogP contribution in [0.4, 0.5) is 0 Å². The fourth-order valence-corrected chi connectivity index (χ4v) is 1.96. The van der Waals surface area contributed by atoms with E-state index in [0.29, 0.717) is 21.6 Å². The van der Waals surface area contributed by atoms with Crippen molar-refractivity contribution in [3.8, 4) is 11.4 Å². The van der Waals surface area contributed by atoms with Crippen LogP contribution >= 0.6 is 22.6 Å². The zero-order valence-corrected chi connectivity index (χ0v) is 11.2. The van der Waals surface area contributed by atoms with E-state index in [1.807, 2.05) is 34.7 Å². The van der Waals surface area contributed by atoms with Gasteiger partial charge in [-0.15, -0.1) is 0 Å². The van der Waals surface area contributed by atoms with E-state index in [0.717, 1.165) is 0 Å². The molecule has 0 aliphatic carbocycles. The Morgan fingerprint density at radius 1 is 1.53 bits per heavy atom. The Morgan fingerprint density at radius 2 is 2.35 bits per heavy atom. The Labute approximate surface area is 111 Å². The SMILES string of the molecule is CCOC(=O)c1onc(-c2ccccn2)c1I. The Morgan fingerprint density at radius 3 is 3.00 bits per heavy atom. The average Bonchev–Trinajstić information content (AvgIpc) is 2.72. The first-order chi connectivity index (χ1) is 8.24. The summed E-state index contributed by atoms with van der Waals surface area (Å²) >= 11 is 2.00. The molecular formula is C11H9IN2O3. The number of hydrogen-bond donors (Lipinski definition) is 0. The molecule has 0 radical (unpaired) electrons. The predicted octanol–water partition coefficient (Wildman–Crippen LogP) is 2.52. The van der Waals surface area contributed by atoms with Gasteiger partial charge >= 0.3 is 5.97 Å². The summed E-state index contributed by atoms with van der Waals surface area (Å²) in [5.74, 6) is -0.389. The quantitative estimate of drug-likeness (QED) is 0.632. The van der Waals surface area contributed by atoms with Gasteiger partial charge < -0.3 is 9.26 Å². The number of carbonyl (C=O) groups excluding carboxylic acids is 1. The van der Waals surface area contributed by atoms with Gasteiger partial charge in [0.05, 0.1) is 15.9 Å². The third-order valence-corrected chi connectivity index (χ3v) is 3.00. The van der Waals surface area contributed by atoms with Gasteiger partial charge in [-0.05, 0) is 41.6 Å². The summed E-state index contributed by atoms with van der Waals surface area (Å²) in [5.41, 5.74) is 1.21. The number of aromatic nitrogens is 2. The molecule has 5 nitrogen and oxygen atoms in total. The lowest BCUT2D eigenvalue weighted by Crippen LogP contribution is -2.04. The third kappa shape index (κ3) is 2.46. The van der Waals surface area contributed by atoms with Crippen molar-refractivity contribution < 1.29 is 14.1 Å². The Bertz CT molecular complexity index is 525. The number of nitrogens with zero attached hydrogens (tertiary/aromatic N) is 2. The first kappa shape index (κ1) is 12.0. The Kier molecular flexibility index (Phi) is 3.72. The summed E-state index contributed by atoms with van der Waals surface area (Å²) in [6.45, 7) is 2.04. The number of ether oxygens (including phenoxy) is 1. The summed E-state index contributed by atoms with van der Waals surface area (Å²) in [4.78, 5) is 15.7. The molecule has 2 heterocycles. The molecule has 2 aromatic heterocycles. The molecule has 0 bridgehead atoms. The number of halogens is 1. The lowest BCUT2D eigenvalue weighted by Gasteiger charge is -1.97. The van der Waals surface area contributed by atoms with E-state index in [-0.39, 0.29) is 5.76 Å². The van der Waals surface area contributed by atoms with Crippen LogP contribution in [0.25, 0.3) is 11.4 Å². The van der Waals surface area contributed by atoms with Gasteiger partial charge in [0.15, 0.2) is 0 Å². The van der Waals surface area contributed by atoms with E-state index in [1.165, 1.54) is 0 Å². The number of rotatable bonds is 3. The smallest absolute Gasteiger partial charge is 0.378 e. The van der Waals surface area contributed by atoms with E-state index in [9.17, 15) is 4.79 Å². The van der Waals surface area contributed by atoms with E-state index in [2.05, 4.69) is 10.1 Å². The molecule has 17 heavy (non-hydrogen) atoms. The molecular weight excluding hydrogens is 335 g/mol. The molecule has 0 saturated carbocycles. The van der Waals surface area contributed by atoms with Gasteiger partial charge in [-0.3, -0.25) is 4.98 Å². The number of hydrogen-bond acceptors (Lipinski definition) is 5. The molecule has 0 aliphatic rings. The highest BCUT2D eigenvalue weighted by Crippen LogP contribution is 2.25. The zero-order chi connectivity index (χ0) is 12.3. The van der Waals surface area contributed by atoms with Crippen molar-refractivity contribution >= 4 is 28.6 Å². The minimum atomic E-state index is -0.508. The second-order valence-corrected chi connectivity index (χ2v) is 4.19. The van der Waals surface area contributed by atoms with E-state index in [1.54, 1.807) is 19.2 Å². The average molecular weight is 344 g/mol. The molecule has 2 aromatic rings. The number of carbonyl (C=O) groups is 1. The number of esters is 1. The van der Waals surface area contributed by atoms with Crippen LogP contribution in [-0.2, 0) is 4.74 Å². The van der Waals surface area contributed by atoms with Crippen molar-refractivity contribution in [2.75, 3.05) is 6.61 Å². The molecule has 0 aromatic carbocycles. The van der Waals surface area contributed by atoms with Crippen LogP contribution in [0.1, 0.15) is 17.5 Å². The molecule has 0 atom stereocenters. The van der Waals surface area contributed by atoms with Gasteiger partial charge in [0.25, 0.3) is 5.76 Å². The van der Waals surface area contributed by atoms with Crippen LogP contribution in [0, 0.1) is 3.57 Å². The maximum Gasteiger partial charge on any atom is 0.378 e. The van der Waals surface area contributed by atoms with E-state index < -0.39 is 5.97 Å². The lowest BCUT2D eigenvalue weighted by molar-refractivity contribution is 0.0478. The summed E-state index contributed by atoms with van der Waals surface area (Å²) in [6, 6.07) is 5.45. The topological polar surface area (TPSA) is 65.2 Å². The fraction of sp³-hybridized carbons (Fsp3) is 0.182. The standard InChI is InChI=1S/C11H9IN2O3/c1-2-16-11(15)10-8(12)9(14-17-10)7-5-3-4-6-13-7/h3-6H,2H2,1H3. The van der Waals surface area contributed by atoms with Gasteiger partial charge in [0.1, 0.15) is 5.69 Å². The summed E-state index contributed by atoms with van der Waals surface area (Å²) in [7, 11) is 0. The monoisotopic (exact) mass is 344 g/mol. The molecule has 0 saturated heterocycles. The molecule has 0 unspecified atom stereocenters. The second-order valence-electron chi connectivity index (χ2n) is 3.11. The largest absolute Gasteiger partial charge is 0.460 e. The normalized spacial score (nSPS) is 10.2. The van der Waals surface area contributed by atoms with Gasteiger partial charge in [-0.1, -0.05) is 11.2 Å². The fourth-order valence-electron chi connectivity index (χ4n) is 1.26.